The molecular formula is C15H30N2O2. The van der Waals surface area contributed by atoms with Gasteiger partial charge in [-0.25, -0.2) is 0 Å². The van der Waals surface area contributed by atoms with Gasteiger partial charge in [-0.1, -0.05) is 0 Å². The van der Waals surface area contributed by atoms with Gasteiger partial charge in [-0.3, -0.25) is 0 Å². The smallest absolute Gasteiger partial charge is 0.0768 e. The molecule has 2 aliphatic rings. The normalized spacial score (nSPS) is 28.9. The average Bonchev–Trinajstić information content (AvgIpc) is 2.18. The Morgan fingerprint density at radius 1 is 1.05 bits per heavy atom. The molecule has 0 aromatic heterocycles. The van der Waals surface area contributed by atoms with Gasteiger partial charge >= 0.3 is 0 Å². The van der Waals surface area contributed by atoms with Crippen LogP contribution in [0.15, 0.2) is 0 Å². The van der Waals surface area contributed by atoms with Gasteiger partial charge in [0, 0.05) is 23.5 Å². The predicted octanol–water partition coefficient (Wildman–Crippen LogP) is 1.55. The molecule has 0 aliphatic carbocycles. The molecular weight excluding hydrogens is 240 g/mol. The first-order valence-corrected chi connectivity index (χ1v) is 7.47. The molecule has 2 saturated heterocycles. The highest BCUT2D eigenvalue weighted by molar-refractivity contribution is 4.95. The van der Waals surface area contributed by atoms with Crippen LogP contribution in [0.25, 0.3) is 0 Å². The molecule has 2 N–H and O–H groups in total. The van der Waals surface area contributed by atoms with Crippen molar-refractivity contribution in [3.63, 3.8) is 0 Å². The molecule has 19 heavy (non-hydrogen) atoms. The third-order valence-electron chi connectivity index (χ3n) is 3.84. The van der Waals surface area contributed by atoms with E-state index in [1.54, 1.807) is 0 Å². The molecule has 0 radical (unpaired) electrons. The highest BCUT2D eigenvalue weighted by atomic mass is 16.5. The van der Waals surface area contributed by atoms with Crippen molar-refractivity contribution in [3.05, 3.63) is 0 Å². The Hall–Kier alpha value is -0.160. The highest BCUT2D eigenvalue weighted by Gasteiger charge is 2.38. The molecule has 2 fully saturated rings. The molecule has 0 aromatic rings. The SMILES string of the molecule is CC(C)(C)NC1COC1CC(C)(C)NCC1COC1. The largest absolute Gasteiger partial charge is 0.381 e. The van der Waals surface area contributed by atoms with Crippen LogP contribution in [0.1, 0.15) is 41.0 Å². The van der Waals surface area contributed by atoms with Crippen LogP contribution in [-0.2, 0) is 9.47 Å². The zero-order valence-electron chi connectivity index (χ0n) is 13.1. The minimum absolute atomic E-state index is 0.124. The first-order chi connectivity index (χ1) is 8.75. The fraction of sp³-hybridized carbons (Fsp3) is 1.00. The summed E-state index contributed by atoms with van der Waals surface area (Å²) < 4.78 is 11.0. The van der Waals surface area contributed by atoms with Crippen molar-refractivity contribution >= 4 is 0 Å². The van der Waals surface area contributed by atoms with E-state index in [0.717, 1.165) is 32.8 Å². The average molecular weight is 270 g/mol. The molecule has 0 bridgehead atoms. The van der Waals surface area contributed by atoms with Crippen molar-refractivity contribution in [2.45, 2.75) is 64.3 Å². The molecule has 0 spiro atoms. The second-order valence-electron chi connectivity index (χ2n) is 7.75. The first kappa shape index (κ1) is 15.2. The second kappa shape index (κ2) is 5.68. The molecule has 2 atom stereocenters. The number of rotatable bonds is 6. The standard InChI is InChI=1S/C15H30N2O2/c1-14(2,3)17-12-10-19-13(12)6-15(4,5)16-7-11-8-18-9-11/h11-13,16-17H,6-10H2,1-5H3. The highest BCUT2D eigenvalue weighted by Crippen LogP contribution is 2.25. The Balaban J connectivity index is 1.72. The first-order valence-electron chi connectivity index (χ1n) is 7.47. The van der Waals surface area contributed by atoms with E-state index in [4.69, 9.17) is 9.47 Å². The van der Waals surface area contributed by atoms with Gasteiger partial charge in [0.05, 0.1) is 32.0 Å². The molecule has 2 heterocycles. The van der Waals surface area contributed by atoms with Gasteiger partial charge in [0.15, 0.2) is 0 Å². The minimum atomic E-state index is 0.124. The minimum Gasteiger partial charge on any atom is -0.381 e. The number of hydrogen-bond acceptors (Lipinski definition) is 4. The van der Waals surface area contributed by atoms with Crippen LogP contribution in [-0.4, -0.2) is 49.6 Å². The van der Waals surface area contributed by atoms with Gasteiger partial charge in [-0.15, -0.1) is 0 Å². The topological polar surface area (TPSA) is 42.5 Å². The fourth-order valence-corrected chi connectivity index (χ4v) is 2.62. The monoisotopic (exact) mass is 270 g/mol. The maximum atomic E-state index is 5.75. The summed E-state index contributed by atoms with van der Waals surface area (Å²) in [6.45, 7) is 14.9. The number of ether oxygens (including phenoxy) is 2. The van der Waals surface area contributed by atoms with E-state index in [1.165, 1.54) is 0 Å². The molecule has 0 saturated carbocycles. The van der Waals surface area contributed by atoms with Crippen molar-refractivity contribution in [2.24, 2.45) is 5.92 Å². The van der Waals surface area contributed by atoms with Crippen molar-refractivity contribution in [1.82, 2.24) is 10.6 Å². The molecule has 4 nitrogen and oxygen atoms in total. The molecule has 2 aliphatic heterocycles. The van der Waals surface area contributed by atoms with Gasteiger partial charge < -0.3 is 20.1 Å². The summed E-state index contributed by atoms with van der Waals surface area (Å²) >= 11 is 0. The summed E-state index contributed by atoms with van der Waals surface area (Å²) in [4.78, 5) is 0. The van der Waals surface area contributed by atoms with Crippen LogP contribution in [0.3, 0.4) is 0 Å². The fourth-order valence-electron chi connectivity index (χ4n) is 2.62. The van der Waals surface area contributed by atoms with Gasteiger partial charge in [0.1, 0.15) is 0 Å². The lowest BCUT2D eigenvalue weighted by molar-refractivity contribution is -0.108. The summed E-state index contributed by atoms with van der Waals surface area (Å²) in [7, 11) is 0. The summed E-state index contributed by atoms with van der Waals surface area (Å²) in [6, 6.07) is 0.494. The van der Waals surface area contributed by atoms with E-state index in [0.29, 0.717) is 18.1 Å². The van der Waals surface area contributed by atoms with Crippen LogP contribution in [0.2, 0.25) is 0 Å². The van der Waals surface area contributed by atoms with Crippen molar-refractivity contribution in [2.75, 3.05) is 26.4 Å². The summed E-state index contributed by atoms with van der Waals surface area (Å²) in [5, 5.41) is 7.30. The zero-order valence-corrected chi connectivity index (χ0v) is 13.1. The number of nitrogens with one attached hydrogen (secondary N) is 2. The Kier molecular flexibility index (Phi) is 4.56. The molecule has 2 unspecified atom stereocenters. The quantitative estimate of drug-likeness (QED) is 0.768. The summed E-state index contributed by atoms with van der Waals surface area (Å²) in [5.74, 6) is 0.699. The van der Waals surface area contributed by atoms with Gasteiger partial charge in [0.2, 0.25) is 0 Å². The van der Waals surface area contributed by atoms with Crippen LogP contribution in [0, 0.1) is 5.92 Å². The Morgan fingerprint density at radius 3 is 2.16 bits per heavy atom. The zero-order chi connectivity index (χ0) is 14.1. The lowest BCUT2D eigenvalue weighted by Crippen LogP contribution is -2.62. The Labute approximate surface area is 117 Å². The predicted molar refractivity (Wildman–Crippen MR) is 77.4 cm³/mol. The van der Waals surface area contributed by atoms with E-state index in [-0.39, 0.29) is 11.1 Å². The third kappa shape index (κ3) is 4.71. The van der Waals surface area contributed by atoms with Crippen LogP contribution in [0.5, 0.6) is 0 Å². The van der Waals surface area contributed by atoms with Gasteiger partial charge in [-0.05, 0) is 41.0 Å². The maximum Gasteiger partial charge on any atom is 0.0768 e. The lowest BCUT2D eigenvalue weighted by Gasteiger charge is -2.45. The second-order valence-corrected chi connectivity index (χ2v) is 7.75. The summed E-state index contributed by atoms with van der Waals surface area (Å²) in [5.41, 5.74) is 0.284. The third-order valence-corrected chi connectivity index (χ3v) is 3.84. The van der Waals surface area contributed by atoms with Crippen molar-refractivity contribution in [3.8, 4) is 0 Å². The summed E-state index contributed by atoms with van der Waals surface area (Å²) in [6.07, 6.45) is 1.38. The van der Waals surface area contributed by atoms with E-state index in [1.807, 2.05) is 0 Å². The van der Waals surface area contributed by atoms with Crippen LogP contribution < -0.4 is 10.6 Å². The van der Waals surface area contributed by atoms with E-state index in [2.05, 4.69) is 45.3 Å². The van der Waals surface area contributed by atoms with Gasteiger partial charge in [0.25, 0.3) is 0 Å². The van der Waals surface area contributed by atoms with E-state index >= 15 is 0 Å². The maximum absolute atomic E-state index is 5.75. The van der Waals surface area contributed by atoms with E-state index < -0.39 is 0 Å². The molecule has 2 rings (SSSR count). The number of hydrogen-bond donors (Lipinski definition) is 2. The van der Waals surface area contributed by atoms with Crippen LogP contribution >= 0.6 is 0 Å². The van der Waals surface area contributed by atoms with Crippen molar-refractivity contribution in [1.29, 1.82) is 0 Å². The molecule has 0 aromatic carbocycles. The molecule has 4 heteroatoms. The Morgan fingerprint density at radius 2 is 1.74 bits per heavy atom. The van der Waals surface area contributed by atoms with E-state index in [9.17, 15) is 0 Å². The van der Waals surface area contributed by atoms with Crippen molar-refractivity contribution < 1.29 is 9.47 Å². The Bertz CT molecular complexity index is 295. The van der Waals surface area contributed by atoms with Crippen LogP contribution in [0.4, 0.5) is 0 Å². The molecule has 0 amide bonds. The lowest BCUT2D eigenvalue weighted by atomic mass is 9.89. The van der Waals surface area contributed by atoms with Gasteiger partial charge in [-0.2, -0.15) is 0 Å². The molecule has 112 valence electrons.